The van der Waals surface area contributed by atoms with E-state index in [4.69, 9.17) is 4.74 Å². The van der Waals surface area contributed by atoms with E-state index in [0.29, 0.717) is 16.8 Å². The van der Waals surface area contributed by atoms with Crippen molar-refractivity contribution in [2.45, 2.75) is 0 Å². The number of thiophene rings is 1. The summed E-state index contributed by atoms with van der Waals surface area (Å²) >= 11 is 1.49. The SMILES string of the molecule is O=C(COC(=O)c1cn(-c2ccccc2)nc1-c1cccs1)c1ccccc1. The summed E-state index contributed by atoms with van der Waals surface area (Å²) in [5.41, 5.74) is 2.21. The van der Waals surface area contributed by atoms with Gasteiger partial charge in [-0.15, -0.1) is 11.3 Å². The Kier molecular flexibility index (Phi) is 5.12. The zero-order valence-electron chi connectivity index (χ0n) is 14.8. The molecule has 4 aromatic rings. The second-order valence-electron chi connectivity index (χ2n) is 6.01. The molecule has 0 aliphatic rings. The summed E-state index contributed by atoms with van der Waals surface area (Å²) in [5, 5.41) is 6.49. The van der Waals surface area contributed by atoms with Crippen molar-refractivity contribution in [1.82, 2.24) is 9.78 Å². The number of hydrogen-bond donors (Lipinski definition) is 0. The summed E-state index contributed by atoms with van der Waals surface area (Å²) in [5.74, 6) is -0.822. The Morgan fingerprint density at radius 1 is 0.929 bits per heavy atom. The normalized spacial score (nSPS) is 10.6. The molecule has 0 aliphatic carbocycles. The molecule has 0 saturated carbocycles. The van der Waals surface area contributed by atoms with Gasteiger partial charge in [-0.05, 0) is 23.6 Å². The molecule has 28 heavy (non-hydrogen) atoms. The Labute approximate surface area is 165 Å². The van der Waals surface area contributed by atoms with Crippen LogP contribution < -0.4 is 0 Å². The first-order valence-electron chi connectivity index (χ1n) is 8.67. The average molecular weight is 388 g/mol. The van der Waals surface area contributed by atoms with Gasteiger partial charge in [-0.25, -0.2) is 9.48 Å². The molecule has 0 aliphatic heterocycles. The standard InChI is InChI=1S/C22H16N2O3S/c25-19(16-8-3-1-4-9-16)15-27-22(26)18-14-24(17-10-5-2-6-11-17)23-21(18)20-12-7-13-28-20/h1-14H,15H2. The van der Waals surface area contributed by atoms with Gasteiger partial charge in [0.05, 0.1) is 10.6 Å². The Bertz CT molecular complexity index is 1090. The number of rotatable bonds is 6. The van der Waals surface area contributed by atoms with Gasteiger partial charge in [-0.3, -0.25) is 4.79 Å². The van der Waals surface area contributed by atoms with Crippen LogP contribution in [0.25, 0.3) is 16.3 Å². The molecule has 0 N–H and O–H groups in total. The van der Waals surface area contributed by atoms with Gasteiger partial charge in [0.15, 0.2) is 12.4 Å². The fourth-order valence-corrected chi connectivity index (χ4v) is 3.47. The molecule has 0 fully saturated rings. The first-order valence-corrected chi connectivity index (χ1v) is 9.54. The highest BCUT2D eigenvalue weighted by Gasteiger charge is 2.21. The minimum atomic E-state index is -0.574. The van der Waals surface area contributed by atoms with E-state index in [0.717, 1.165) is 10.6 Å². The molecule has 2 aromatic carbocycles. The maximum absolute atomic E-state index is 12.7. The predicted molar refractivity (Wildman–Crippen MR) is 108 cm³/mol. The third kappa shape index (κ3) is 3.77. The quantitative estimate of drug-likeness (QED) is 0.357. The zero-order valence-corrected chi connectivity index (χ0v) is 15.6. The van der Waals surface area contributed by atoms with E-state index in [1.807, 2.05) is 53.9 Å². The van der Waals surface area contributed by atoms with E-state index in [2.05, 4.69) is 5.10 Å². The van der Waals surface area contributed by atoms with E-state index in [1.165, 1.54) is 11.3 Å². The van der Waals surface area contributed by atoms with Crippen LogP contribution in [-0.4, -0.2) is 28.1 Å². The third-order valence-corrected chi connectivity index (χ3v) is 5.02. The summed E-state index contributed by atoms with van der Waals surface area (Å²) in [6.45, 7) is -0.316. The van der Waals surface area contributed by atoms with Crippen molar-refractivity contribution in [3.63, 3.8) is 0 Å². The number of para-hydroxylation sites is 1. The van der Waals surface area contributed by atoms with Crippen LogP contribution in [0.5, 0.6) is 0 Å². The number of hydrogen-bond acceptors (Lipinski definition) is 5. The zero-order chi connectivity index (χ0) is 19.3. The maximum Gasteiger partial charge on any atom is 0.342 e. The van der Waals surface area contributed by atoms with Crippen LogP contribution in [0.3, 0.4) is 0 Å². The third-order valence-electron chi connectivity index (χ3n) is 4.14. The van der Waals surface area contributed by atoms with Gasteiger partial charge in [-0.2, -0.15) is 5.10 Å². The van der Waals surface area contributed by atoms with Gasteiger partial charge in [0, 0.05) is 11.8 Å². The summed E-state index contributed by atoms with van der Waals surface area (Å²) in [7, 11) is 0. The van der Waals surface area contributed by atoms with Crippen molar-refractivity contribution in [2.24, 2.45) is 0 Å². The topological polar surface area (TPSA) is 61.2 Å². The Balaban J connectivity index is 1.60. The number of nitrogens with zero attached hydrogens (tertiary/aromatic N) is 2. The molecular weight excluding hydrogens is 372 g/mol. The van der Waals surface area contributed by atoms with Crippen LogP contribution in [0, 0.1) is 0 Å². The molecular formula is C22H16N2O3S. The van der Waals surface area contributed by atoms with Gasteiger partial charge in [-0.1, -0.05) is 54.6 Å². The fraction of sp³-hybridized carbons (Fsp3) is 0.0455. The van der Waals surface area contributed by atoms with Gasteiger partial charge in [0.1, 0.15) is 11.3 Å². The van der Waals surface area contributed by atoms with Gasteiger partial charge in [0.2, 0.25) is 0 Å². The lowest BCUT2D eigenvalue weighted by molar-refractivity contribution is 0.0475. The number of benzene rings is 2. The minimum Gasteiger partial charge on any atom is -0.454 e. The molecule has 2 aromatic heterocycles. The van der Waals surface area contributed by atoms with Gasteiger partial charge >= 0.3 is 5.97 Å². The highest BCUT2D eigenvalue weighted by molar-refractivity contribution is 7.13. The Morgan fingerprint density at radius 3 is 2.32 bits per heavy atom. The van der Waals surface area contributed by atoms with E-state index >= 15 is 0 Å². The predicted octanol–water partition coefficient (Wildman–Crippen LogP) is 4.64. The number of carbonyl (C=O) groups excluding carboxylic acids is 2. The van der Waals surface area contributed by atoms with Crippen LogP contribution >= 0.6 is 11.3 Å². The first kappa shape index (κ1) is 17.9. The molecule has 0 radical (unpaired) electrons. The number of carbonyl (C=O) groups is 2. The van der Waals surface area contributed by atoms with Gasteiger partial charge in [0.25, 0.3) is 0 Å². The summed E-state index contributed by atoms with van der Waals surface area (Å²) in [4.78, 5) is 25.8. The van der Waals surface area contributed by atoms with Crippen molar-refractivity contribution in [2.75, 3.05) is 6.61 Å². The smallest absolute Gasteiger partial charge is 0.342 e. The molecule has 4 rings (SSSR count). The fourth-order valence-electron chi connectivity index (χ4n) is 2.75. The van der Waals surface area contributed by atoms with E-state index < -0.39 is 5.97 Å². The van der Waals surface area contributed by atoms with Crippen LogP contribution in [0.15, 0.2) is 84.4 Å². The molecule has 6 heteroatoms. The number of ether oxygens (including phenoxy) is 1. The van der Waals surface area contributed by atoms with Crippen molar-refractivity contribution in [1.29, 1.82) is 0 Å². The summed E-state index contributed by atoms with van der Waals surface area (Å²) in [6.07, 6.45) is 1.64. The highest BCUT2D eigenvalue weighted by atomic mass is 32.1. The van der Waals surface area contributed by atoms with Crippen LogP contribution in [0.4, 0.5) is 0 Å². The van der Waals surface area contributed by atoms with E-state index in [1.54, 1.807) is 35.1 Å². The molecule has 5 nitrogen and oxygen atoms in total. The number of esters is 1. The Morgan fingerprint density at radius 2 is 1.64 bits per heavy atom. The molecule has 0 bridgehead atoms. The molecule has 0 atom stereocenters. The Hall–Kier alpha value is -3.51. The molecule has 0 amide bonds. The lowest BCUT2D eigenvalue weighted by Gasteiger charge is -2.04. The van der Waals surface area contributed by atoms with Crippen molar-refractivity contribution < 1.29 is 14.3 Å². The second kappa shape index (κ2) is 8.02. The molecule has 0 spiro atoms. The monoisotopic (exact) mass is 388 g/mol. The van der Waals surface area contributed by atoms with Crippen LogP contribution in [0.1, 0.15) is 20.7 Å². The van der Waals surface area contributed by atoms with Crippen LogP contribution in [0.2, 0.25) is 0 Å². The first-order chi connectivity index (χ1) is 13.7. The minimum absolute atomic E-state index is 0.248. The molecule has 0 saturated heterocycles. The van der Waals surface area contributed by atoms with Crippen molar-refractivity contribution in [3.05, 3.63) is 95.5 Å². The molecule has 2 heterocycles. The summed E-state index contributed by atoms with van der Waals surface area (Å²) in [6, 6.07) is 22.1. The van der Waals surface area contributed by atoms with E-state index in [9.17, 15) is 9.59 Å². The molecule has 0 unspecified atom stereocenters. The average Bonchev–Trinajstić information content (AvgIpc) is 3.43. The van der Waals surface area contributed by atoms with Crippen LogP contribution in [-0.2, 0) is 4.74 Å². The number of aromatic nitrogens is 2. The summed E-state index contributed by atoms with van der Waals surface area (Å²) < 4.78 is 6.94. The van der Waals surface area contributed by atoms with Crippen molar-refractivity contribution >= 4 is 23.1 Å². The van der Waals surface area contributed by atoms with Crippen molar-refractivity contribution in [3.8, 4) is 16.3 Å². The largest absolute Gasteiger partial charge is 0.454 e. The number of Topliss-reactive ketones (excluding diaryl/α,β-unsaturated/α-hetero) is 1. The number of ketones is 1. The maximum atomic E-state index is 12.7. The lowest BCUT2D eigenvalue weighted by atomic mass is 10.1. The molecule has 138 valence electrons. The lowest BCUT2D eigenvalue weighted by Crippen LogP contribution is -2.14. The second-order valence-corrected chi connectivity index (χ2v) is 6.96. The highest BCUT2D eigenvalue weighted by Crippen LogP contribution is 2.28. The van der Waals surface area contributed by atoms with E-state index in [-0.39, 0.29) is 12.4 Å². The van der Waals surface area contributed by atoms with Gasteiger partial charge < -0.3 is 4.74 Å².